The van der Waals surface area contributed by atoms with Crippen molar-refractivity contribution in [2.45, 2.75) is 31.8 Å². The van der Waals surface area contributed by atoms with Crippen molar-refractivity contribution >= 4 is 17.4 Å². The van der Waals surface area contributed by atoms with Crippen LogP contribution in [0, 0.1) is 5.82 Å². The predicted molar refractivity (Wildman–Crippen MR) is 63.9 cm³/mol. The van der Waals surface area contributed by atoms with Crippen LogP contribution in [0.1, 0.15) is 36.0 Å². The molecule has 0 bridgehead atoms. The molecule has 1 heterocycles. The zero-order valence-electron chi connectivity index (χ0n) is 9.42. The Morgan fingerprint density at radius 1 is 1.53 bits per heavy atom. The third-order valence-corrected chi connectivity index (χ3v) is 3.28. The molecule has 4 heteroatoms. The van der Waals surface area contributed by atoms with Gasteiger partial charge in [-0.15, -0.1) is 0 Å². The van der Waals surface area contributed by atoms with Crippen LogP contribution in [-0.4, -0.2) is 18.5 Å². The van der Waals surface area contributed by atoms with Gasteiger partial charge in [0.15, 0.2) is 5.78 Å². The van der Waals surface area contributed by atoms with Gasteiger partial charge in [0.2, 0.25) is 0 Å². The summed E-state index contributed by atoms with van der Waals surface area (Å²) >= 11 is 5.87. The lowest BCUT2D eigenvalue weighted by atomic mass is 10.0. The predicted octanol–water partition coefficient (Wildman–Crippen LogP) is 3.62. The monoisotopic (exact) mass is 256 g/mol. The SMILES string of the molecule is O=C(CCC1CCCO1)c1cc(F)ccc1Cl. The van der Waals surface area contributed by atoms with Crippen LogP contribution in [0.15, 0.2) is 18.2 Å². The number of hydrogen-bond acceptors (Lipinski definition) is 2. The minimum Gasteiger partial charge on any atom is -0.378 e. The van der Waals surface area contributed by atoms with Crippen molar-refractivity contribution in [2.24, 2.45) is 0 Å². The van der Waals surface area contributed by atoms with Crippen molar-refractivity contribution in [3.8, 4) is 0 Å². The molecular weight excluding hydrogens is 243 g/mol. The molecule has 1 atom stereocenters. The van der Waals surface area contributed by atoms with Gasteiger partial charge in [0.1, 0.15) is 5.82 Å². The molecular formula is C13H14ClFO2. The summed E-state index contributed by atoms with van der Waals surface area (Å²) in [5.41, 5.74) is 0.268. The molecule has 1 aliphatic rings. The van der Waals surface area contributed by atoms with E-state index in [-0.39, 0.29) is 17.5 Å². The molecule has 0 aromatic heterocycles. The molecule has 1 fully saturated rings. The van der Waals surface area contributed by atoms with E-state index in [2.05, 4.69) is 0 Å². The molecule has 0 N–H and O–H groups in total. The van der Waals surface area contributed by atoms with Gasteiger partial charge in [-0.05, 0) is 37.5 Å². The fourth-order valence-corrected chi connectivity index (χ4v) is 2.23. The van der Waals surface area contributed by atoms with Crippen molar-refractivity contribution in [2.75, 3.05) is 6.61 Å². The second-order valence-electron chi connectivity index (χ2n) is 4.22. The highest BCUT2D eigenvalue weighted by Gasteiger charge is 2.18. The van der Waals surface area contributed by atoms with E-state index in [0.29, 0.717) is 17.9 Å². The summed E-state index contributed by atoms with van der Waals surface area (Å²) in [4.78, 5) is 11.9. The zero-order valence-corrected chi connectivity index (χ0v) is 10.2. The molecule has 1 aromatic rings. The van der Waals surface area contributed by atoms with Gasteiger partial charge in [-0.25, -0.2) is 4.39 Å². The number of Topliss-reactive ketones (excluding diaryl/α,β-unsaturated/α-hetero) is 1. The van der Waals surface area contributed by atoms with Crippen molar-refractivity contribution in [1.82, 2.24) is 0 Å². The van der Waals surface area contributed by atoms with Crippen LogP contribution in [0.5, 0.6) is 0 Å². The molecule has 2 rings (SSSR count). The van der Waals surface area contributed by atoms with Gasteiger partial charge in [-0.3, -0.25) is 4.79 Å². The summed E-state index contributed by atoms with van der Waals surface area (Å²) in [5, 5.41) is 0.309. The molecule has 17 heavy (non-hydrogen) atoms. The second-order valence-corrected chi connectivity index (χ2v) is 4.63. The molecule has 1 saturated heterocycles. The highest BCUT2D eigenvalue weighted by Crippen LogP contribution is 2.22. The van der Waals surface area contributed by atoms with Crippen molar-refractivity contribution in [3.05, 3.63) is 34.6 Å². The van der Waals surface area contributed by atoms with Gasteiger partial charge in [-0.1, -0.05) is 11.6 Å². The van der Waals surface area contributed by atoms with E-state index in [1.54, 1.807) is 0 Å². The lowest BCUT2D eigenvalue weighted by molar-refractivity contribution is 0.0859. The maximum atomic E-state index is 13.0. The van der Waals surface area contributed by atoms with Gasteiger partial charge in [-0.2, -0.15) is 0 Å². The topological polar surface area (TPSA) is 26.3 Å². The first-order valence-electron chi connectivity index (χ1n) is 5.76. The number of carbonyl (C=O) groups is 1. The van der Waals surface area contributed by atoms with Gasteiger partial charge in [0, 0.05) is 18.6 Å². The lowest BCUT2D eigenvalue weighted by Crippen LogP contribution is -2.09. The first kappa shape index (κ1) is 12.5. The highest BCUT2D eigenvalue weighted by molar-refractivity contribution is 6.33. The van der Waals surface area contributed by atoms with Crippen molar-refractivity contribution in [3.63, 3.8) is 0 Å². The normalized spacial score (nSPS) is 19.5. The number of ketones is 1. The van der Waals surface area contributed by atoms with Crippen LogP contribution in [0.2, 0.25) is 5.02 Å². The minimum absolute atomic E-state index is 0.120. The number of hydrogen-bond donors (Lipinski definition) is 0. The second kappa shape index (κ2) is 5.61. The summed E-state index contributed by atoms with van der Waals surface area (Å²) in [7, 11) is 0. The molecule has 2 nitrogen and oxygen atoms in total. The Balaban J connectivity index is 1.96. The Morgan fingerprint density at radius 3 is 3.06 bits per heavy atom. The van der Waals surface area contributed by atoms with E-state index in [9.17, 15) is 9.18 Å². The summed E-state index contributed by atoms with van der Waals surface area (Å²) in [5.74, 6) is -0.556. The quantitative estimate of drug-likeness (QED) is 0.769. The van der Waals surface area contributed by atoms with Gasteiger partial charge in [0.25, 0.3) is 0 Å². The molecule has 0 spiro atoms. The van der Waals surface area contributed by atoms with E-state index in [1.165, 1.54) is 18.2 Å². The van der Waals surface area contributed by atoms with Crippen LogP contribution in [0.25, 0.3) is 0 Å². The van der Waals surface area contributed by atoms with Crippen molar-refractivity contribution in [1.29, 1.82) is 0 Å². The van der Waals surface area contributed by atoms with E-state index >= 15 is 0 Å². The number of carbonyl (C=O) groups excluding carboxylic acids is 1. The molecule has 1 aliphatic heterocycles. The number of rotatable bonds is 4. The van der Waals surface area contributed by atoms with E-state index in [1.807, 2.05) is 0 Å². The average Bonchev–Trinajstić information content (AvgIpc) is 2.82. The standard InChI is InChI=1S/C13H14ClFO2/c14-12-5-3-9(15)8-11(12)13(16)6-4-10-2-1-7-17-10/h3,5,8,10H,1-2,4,6-7H2. The Kier molecular flexibility index (Phi) is 4.13. The zero-order chi connectivity index (χ0) is 12.3. The number of halogens is 2. The van der Waals surface area contributed by atoms with E-state index in [4.69, 9.17) is 16.3 Å². The van der Waals surface area contributed by atoms with Gasteiger partial charge < -0.3 is 4.74 Å². The van der Waals surface area contributed by atoms with E-state index < -0.39 is 5.82 Å². The minimum atomic E-state index is -0.435. The first-order valence-corrected chi connectivity index (χ1v) is 6.14. The highest BCUT2D eigenvalue weighted by atomic mass is 35.5. The summed E-state index contributed by atoms with van der Waals surface area (Å²) < 4.78 is 18.4. The maximum Gasteiger partial charge on any atom is 0.164 e. The molecule has 0 saturated carbocycles. The Hall–Kier alpha value is -0.930. The van der Waals surface area contributed by atoms with Crippen LogP contribution < -0.4 is 0 Å². The molecule has 0 radical (unpaired) electrons. The Bertz CT molecular complexity index is 414. The van der Waals surface area contributed by atoms with Crippen LogP contribution >= 0.6 is 11.6 Å². The first-order chi connectivity index (χ1) is 8.16. The lowest BCUT2D eigenvalue weighted by Gasteiger charge is -2.08. The third kappa shape index (κ3) is 3.27. The van der Waals surface area contributed by atoms with Crippen LogP contribution in [0.3, 0.4) is 0 Å². The summed E-state index contributed by atoms with van der Waals surface area (Å²) in [6, 6.07) is 3.86. The van der Waals surface area contributed by atoms with Crippen LogP contribution in [-0.2, 0) is 4.74 Å². The number of ether oxygens (including phenoxy) is 1. The summed E-state index contributed by atoms with van der Waals surface area (Å²) in [6.07, 6.45) is 3.27. The van der Waals surface area contributed by atoms with Gasteiger partial charge >= 0.3 is 0 Å². The maximum absolute atomic E-state index is 13.0. The fourth-order valence-electron chi connectivity index (χ4n) is 2.01. The van der Waals surface area contributed by atoms with Crippen LogP contribution in [0.4, 0.5) is 4.39 Å². The molecule has 0 aliphatic carbocycles. The average molecular weight is 257 g/mol. The molecule has 1 unspecified atom stereocenters. The van der Waals surface area contributed by atoms with E-state index in [0.717, 1.165) is 19.4 Å². The molecule has 1 aromatic carbocycles. The summed E-state index contributed by atoms with van der Waals surface area (Å²) in [6.45, 7) is 0.777. The molecule has 0 amide bonds. The Labute approximate surface area is 105 Å². The third-order valence-electron chi connectivity index (χ3n) is 2.95. The molecule has 92 valence electrons. The Morgan fingerprint density at radius 2 is 2.35 bits per heavy atom. The fraction of sp³-hybridized carbons (Fsp3) is 0.462. The largest absolute Gasteiger partial charge is 0.378 e. The van der Waals surface area contributed by atoms with Crippen molar-refractivity contribution < 1.29 is 13.9 Å². The van der Waals surface area contributed by atoms with Gasteiger partial charge in [0.05, 0.1) is 11.1 Å². The smallest absolute Gasteiger partial charge is 0.164 e. The number of benzene rings is 1.